The summed E-state index contributed by atoms with van der Waals surface area (Å²) in [4.78, 5) is 2.47. The molecule has 1 saturated carbocycles. The molecule has 1 unspecified atom stereocenters. The summed E-state index contributed by atoms with van der Waals surface area (Å²) in [5, 5.41) is 4.82. The van der Waals surface area contributed by atoms with Gasteiger partial charge in [-0.25, -0.2) is 4.68 Å². The largest absolute Gasteiger partial charge is 0.362 e. The minimum Gasteiger partial charge on any atom is -0.362 e. The Balaban J connectivity index is 1.29. The molecular weight excluding hydrogens is 360 g/mol. The van der Waals surface area contributed by atoms with Crippen LogP contribution < -0.4 is 0 Å². The lowest BCUT2D eigenvalue weighted by Crippen LogP contribution is -2.62. The van der Waals surface area contributed by atoms with Gasteiger partial charge < -0.3 is 9.30 Å². The van der Waals surface area contributed by atoms with Gasteiger partial charge in [0.2, 0.25) is 0 Å². The van der Waals surface area contributed by atoms with Gasteiger partial charge in [-0.1, -0.05) is 18.2 Å². The summed E-state index contributed by atoms with van der Waals surface area (Å²) in [5.41, 5.74) is 6.64. The molecule has 1 atom stereocenters. The lowest BCUT2D eigenvalue weighted by atomic mass is 9.56. The normalized spacial score (nSPS) is 19.9. The third-order valence-corrected chi connectivity index (χ3v) is 6.75. The van der Waals surface area contributed by atoms with Crippen LogP contribution >= 0.6 is 0 Å². The van der Waals surface area contributed by atoms with E-state index in [1.807, 2.05) is 7.11 Å². The van der Waals surface area contributed by atoms with Gasteiger partial charge in [0.05, 0.1) is 11.4 Å². The first-order valence-electron chi connectivity index (χ1n) is 10.5. The van der Waals surface area contributed by atoms with E-state index in [-0.39, 0.29) is 6.23 Å². The van der Waals surface area contributed by atoms with Gasteiger partial charge in [-0.3, -0.25) is 4.90 Å². The lowest BCUT2D eigenvalue weighted by molar-refractivity contribution is -0.163. The predicted molar refractivity (Wildman–Crippen MR) is 114 cm³/mol. The van der Waals surface area contributed by atoms with Crippen LogP contribution in [0.3, 0.4) is 0 Å². The highest BCUT2D eigenvalue weighted by Crippen LogP contribution is 2.57. The van der Waals surface area contributed by atoms with Crippen LogP contribution in [0.15, 0.2) is 48.8 Å². The highest BCUT2D eigenvalue weighted by molar-refractivity contribution is 5.42. The van der Waals surface area contributed by atoms with Crippen LogP contribution in [0.25, 0.3) is 5.69 Å². The molecule has 1 aliphatic carbocycles. The standard InChI is InChI=1S/C24H30N4O/c1-17-7-5-6-8-21(17)28-22(11-18(2)25-28)20-12-24(13-20)15-27(16-24)23(29-4)19-9-10-26(3)14-19/h5-11,14,20,23H,12-13,15-16H2,1-4H3. The molecule has 3 heterocycles. The number of aromatic nitrogens is 3. The second-order valence-corrected chi connectivity index (χ2v) is 9.12. The SMILES string of the molecule is COC(c1ccn(C)c1)N1CC2(CC(c3cc(C)nn3-c3ccccc3C)C2)C1. The van der Waals surface area contributed by atoms with Crippen LogP contribution in [-0.4, -0.2) is 39.4 Å². The molecule has 0 bridgehead atoms. The van der Waals surface area contributed by atoms with Crippen molar-refractivity contribution in [1.82, 2.24) is 19.2 Å². The molecular formula is C24H30N4O. The second kappa shape index (κ2) is 6.85. The number of rotatable bonds is 5. The summed E-state index contributed by atoms with van der Waals surface area (Å²) in [6, 6.07) is 13.0. The van der Waals surface area contributed by atoms with Crippen LogP contribution in [0, 0.1) is 19.3 Å². The third kappa shape index (κ3) is 3.13. The molecule has 2 aromatic heterocycles. The van der Waals surface area contributed by atoms with Crippen molar-refractivity contribution in [1.29, 1.82) is 0 Å². The maximum absolute atomic E-state index is 5.82. The zero-order valence-electron chi connectivity index (χ0n) is 17.8. The van der Waals surface area contributed by atoms with Crippen LogP contribution in [0.2, 0.25) is 0 Å². The molecule has 3 aromatic rings. The average Bonchev–Trinajstić information content (AvgIpc) is 3.22. The number of methoxy groups -OCH3 is 1. The number of aryl methyl sites for hydroxylation is 3. The Kier molecular flexibility index (Phi) is 4.41. The number of ether oxygens (including phenoxy) is 1. The van der Waals surface area contributed by atoms with Crippen LogP contribution in [0.4, 0.5) is 0 Å². The highest BCUT2D eigenvalue weighted by atomic mass is 16.5. The van der Waals surface area contributed by atoms with Crippen molar-refractivity contribution in [3.8, 4) is 5.69 Å². The zero-order valence-corrected chi connectivity index (χ0v) is 17.8. The van der Waals surface area contributed by atoms with E-state index in [1.165, 1.54) is 35.3 Å². The Bertz CT molecular complexity index is 1020. The van der Waals surface area contributed by atoms with E-state index in [2.05, 4.69) is 83.8 Å². The molecule has 1 spiro atoms. The van der Waals surface area contributed by atoms with Gasteiger partial charge in [0.15, 0.2) is 0 Å². The quantitative estimate of drug-likeness (QED) is 0.650. The summed E-state index contributed by atoms with van der Waals surface area (Å²) in [7, 11) is 3.87. The maximum atomic E-state index is 5.82. The van der Waals surface area contributed by atoms with Crippen molar-refractivity contribution < 1.29 is 4.74 Å². The Morgan fingerprint density at radius 3 is 2.55 bits per heavy atom. The van der Waals surface area contributed by atoms with Crippen molar-refractivity contribution in [3.63, 3.8) is 0 Å². The summed E-state index contributed by atoms with van der Waals surface area (Å²) < 4.78 is 10.1. The number of nitrogens with zero attached hydrogens (tertiary/aromatic N) is 4. The molecule has 1 aromatic carbocycles. The minimum absolute atomic E-state index is 0.0700. The fraction of sp³-hybridized carbons (Fsp3) is 0.458. The van der Waals surface area contributed by atoms with E-state index in [0.29, 0.717) is 11.3 Å². The monoisotopic (exact) mass is 390 g/mol. The first-order chi connectivity index (χ1) is 14.0. The average molecular weight is 391 g/mol. The van der Waals surface area contributed by atoms with Gasteiger partial charge in [-0.05, 0) is 55.9 Å². The topological polar surface area (TPSA) is 35.2 Å². The summed E-state index contributed by atoms with van der Waals surface area (Å²) in [5.74, 6) is 0.593. The zero-order chi connectivity index (χ0) is 20.2. The number of hydrogen-bond donors (Lipinski definition) is 0. The highest BCUT2D eigenvalue weighted by Gasteiger charge is 2.55. The fourth-order valence-electron chi connectivity index (χ4n) is 5.41. The van der Waals surface area contributed by atoms with Crippen molar-refractivity contribution in [2.75, 3.05) is 20.2 Å². The minimum atomic E-state index is 0.0700. The molecule has 5 heteroatoms. The van der Waals surface area contributed by atoms with E-state index in [9.17, 15) is 0 Å². The molecule has 5 nitrogen and oxygen atoms in total. The van der Waals surface area contributed by atoms with Crippen molar-refractivity contribution >= 4 is 0 Å². The molecule has 0 N–H and O–H groups in total. The van der Waals surface area contributed by atoms with Gasteiger partial charge in [0.25, 0.3) is 0 Å². The molecule has 2 fully saturated rings. The summed E-state index contributed by atoms with van der Waals surface area (Å²) in [6.07, 6.45) is 6.80. The predicted octanol–water partition coefficient (Wildman–Crippen LogP) is 4.35. The summed E-state index contributed by atoms with van der Waals surface area (Å²) >= 11 is 0. The molecule has 1 saturated heterocycles. The smallest absolute Gasteiger partial charge is 0.137 e. The van der Waals surface area contributed by atoms with E-state index in [0.717, 1.165) is 18.8 Å². The first-order valence-corrected chi connectivity index (χ1v) is 10.5. The Hall–Kier alpha value is -2.37. The summed E-state index contributed by atoms with van der Waals surface area (Å²) in [6.45, 7) is 6.50. The molecule has 5 rings (SSSR count). The lowest BCUT2D eigenvalue weighted by Gasteiger charge is -2.60. The van der Waals surface area contributed by atoms with Gasteiger partial charge in [-0.15, -0.1) is 0 Å². The van der Waals surface area contributed by atoms with Crippen LogP contribution in [0.5, 0.6) is 0 Å². The van der Waals surface area contributed by atoms with Gasteiger partial charge >= 0.3 is 0 Å². The Labute approximate surface area is 172 Å². The van der Waals surface area contributed by atoms with E-state index < -0.39 is 0 Å². The number of hydrogen-bond acceptors (Lipinski definition) is 3. The molecule has 152 valence electrons. The number of likely N-dealkylation sites (tertiary alicyclic amines) is 1. The van der Waals surface area contributed by atoms with Crippen molar-refractivity contribution in [3.05, 3.63) is 71.3 Å². The van der Waals surface area contributed by atoms with E-state index in [4.69, 9.17) is 9.84 Å². The van der Waals surface area contributed by atoms with Crippen molar-refractivity contribution in [2.45, 2.75) is 38.8 Å². The first kappa shape index (κ1) is 18.6. The Morgan fingerprint density at radius 1 is 1.14 bits per heavy atom. The van der Waals surface area contributed by atoms with E-state index >= 15 is 0 Å². The van der Waals surface area contributed by atoms with Crippen molar-refractivity contribution in [2.24, 2.45) is 12.5 Å². The van der Waals surface area contributed by atoms with Crippen LogP contribution in [0.1, 0.15) is 47.5 Å². The van der Waals surface area contributed by atoms with E-state index in [1.54, 1.807) is 0 Å². The molecule has 0 radical (unpaired) electrons. The van der Waals surface area contributed by atoms with Gasteiger partial charge in [0, 0.05) is 56.8 Å². The van der Waals surface area contributed by atoms with Crippen LogP contribution in [-0.2, 0) is 11.8 Å². The molecule has 1 aliphatic heterocycles. The third-order valence-electron chi connectivity index (χ3n) is 6.75. The molecule has 0 amide bonds. The second-order valence-electron chi connectivity index (χ2n) is 9.12. The molecule has 2 aliphatic rings. The molecule has 29 heavy (non-hydrogen) atoms. The van der Waals surface area contributed by atoms with Gasteiger partial charge in [-0.2, -0.15) is 5.10 Å². The Morgan fingerprint density at radius 2 is 1.90 bits per heavy atom. The maximum Gasteiger partial charge on any atom is 0.137 e. The number of benzene rings is 1. The number of para-hydroxylation sites is 1. The fourth-order valence-corrected chi connectivity index (χ4v) is 5.41. The van der Waals surface area contributed by atoms with Gasteiger partial charge in [0.1, 0.15) is 6.23 Å².